The van der Waals surface area contributed by atoms with Gasteiger partial charge in [-0.25, -0.2) is 14.5 Å². The zero-order valence-electron chi connectivity index (χ0n) is 19.8. The molecule has 3 heterocycles. The number of carbonyl (C=O) groups is 2. The van der Waals surface area contributed by atoms with Crippen LogP contribution in [0.15, 0.2) is 42.7 Å². The minimum Gasteiger partial charge on any atom is -0.444 e. The number of hydrogen-bond acceptors (Lipinski definition) is 7. The summed E-state index contributed by atoms with van der Waals surface area (Å²) in [5.74, 6) is 0.515. The molecule has 0 bridgehead atoms. The van der Waals surface area contributed by atoms with Crippen LogP contribution < -0.4 is 10.6 Å². The summed E-state index contributed by atoms with van der Waals surface area (Å²) in [6, 6.07) is 9.09. The number of aromatic nitrogens is 3. The molecule has 1 atom stereocenters. The van der Waals surface area contributed by atoms with Crippen LogP contribution >= 0.6 is 0 Å². The van der Waals surface area contributed by atoms with Crippen molar-refractivity contribution in [2.45, 2.75) is 51.9 Å². The van der Waals surface area contributed by atoms with Crippen molar-refractivity contribution in [3.05, 3.63) is 53.9 Å². The molecule has 0 radical (unpaired) electrons. The predicted octanol–water partition coefficient (Wildman–Crippen LogP) is 4.30. The number of benzene rings is 1. The molecular weight excluding hydrogens is 434 g/mol. The smallest absolute Gasteiger partial charge is 0.407 e. The van der Waals surface area contributed by atoms with Crippen molar-refractivity contribution in [1.29, 1.82) is 0 Å². The molecule has 1 saturated heterocycles. The van der Waals surface area contributed by atoms with Gasteiger partial charge in [-0.2, -0.15) is 5.10 Å². The van der Waals surface area contributed by atoms with Crippen LogP contribution in [0, 0.1) is 0 Å². The van der Waals surface area contributed by atoms with Crippen molar-refractivity contribution in [3.63, 3.8) is 0 Å². The molecule has 0 aliphatic carbocycles. The zero-order valence-corrected chi connectivity index (χ0v) is 19.8. The molecule has 9 nitrogen and oxygen atoms in total. The highest BCUT2D eigenvalue weighted by Gasteiger charge is 2.19. The van der Waals surface area contributed by atoms with Gasteiger partial charge in [0.1, 0.15) is 11.4 Å². The van der Waals surface area contributed by atoms with Crippen LogP contribution in [-0.4, -0.2) is 51.9 Å². The Hall–Kier alpha value is -3.46. The summed E-state index contributed by atoms with van der Waals surface area (Å²) in [5.41, 5.74) is 1.51. The lowest BCUT2D eigenvalue weighted by molar-refractivity contribution is -0.0366. The van der Waals surface area contributed by atoms with Crippen LogP contribution in [0.5, 0.6) is 0 Å². The van der Waals surface area contributed by atoms with Crippen molar-refractivity contribution in [2.24, 2.45) is 0 Å². The Kier molecular flexibility index (Phi) is 7.12. The number of rotatable bonds is 7. The van der Waals surface area contributed by atoms with Crippen molar-refractivity contribution in [3.8, 4) is 0 Å². The average molecular weight is 466 g/mol. The number of amides is 1. The van der Waals surface area contributed by atoms with Crippen LogP contribution in [0.25, 0.3) is 10.9 Å². The molecule has 3 aromatic rings. The number of fused-ring (bicyclic) bond motifs is 1. The first-order chi connectivity index (χ1) is 16.3. The summed E-state index contributed by atoms with van der Waals surface area (Å²) < 4.78 is 12.9. The SMILES string of the molecule is CC(C)(C)OC(=O)NCCNc1ccc(C(=O)c2ccc3c(cnn3C3CCCCO3)c2)cn1. The Labute approximate surface area is 198 Å². The number of pyridine rings is 1. The number of alkyl carbamates (subject to hydrolysis) is 1. The second-order valence-corrected chi connectivity index (χ2v) is 9.30. The van der Waals surface area contributed by atoms with Crippen LogP contribution in [0.3, 0.4) is 0 Å². The molecule has 1 fully saturated rings. The monoisotopic (exact) mass is 465 g/mol. The molecule has 1 amide bonds. The Morgan fingerprint density at radius 2 is 1.94 bits per heavy atom. The van der Waals surface area contributed by atoms with Gasteiger partial charge in [0, 0.05) is 42.4 Å². The molecular formula is C25H31N5O4. The van der Waals surface area contributed by atoms with E-state index < -0.39 is 11.7 Å². The summed E-state index contributed by atoms with van der Waals surface area (Å²) >= 11 is 0. The third-order valence-corrected chi connectivity index (χ3v) is 5.41. The number of ether oxygens (including phenoxy) is 2. The lowest BCUT2D eigenvalue weighted by Gasteiger charge is -2.23. The van der Waals surface area contributed by atoms with Crippen molar-refractivity contribution >= 4 is 28.6 Å². The van der Waals surface area contributed by atoms with E-state index >= 15 is 0 Å². The van der Waals surface area contributed by atoms with Crippen LogP contribution in [0.2, 0.25) is 0 Å². The minimum atomic E-state index is -0.531. The highest BCUT2D eigenvalue weighted by atomic mass is 16.6. The van der Waals surface area contributed by atoms with E-state index in [1.807, 2.05) is 43.7 Å². The fraction of sp³-hybridized carbons (Fsp3) is 0.440. The van der Waals surface area contributed by atoms with Gasteiger partial charge in [0.05, 0.1) is 11.7 Å². The van der Waals surface area contributed by atoms with Crippen LogP contribution in [0.1, 0.15) is 62.2 Å². The largest absolute Gasteiger partial charge is 0.444 e. The van der Waals surface area contributed by atoms with Crippen LogP contribution in [0.4, 0.5) is 10.6 Å². The van der Waals surface area contributed by atoms with E-state index in [2.05, 4.69) is 20.7 Å². The van der Waals surface area contributed by atoms with Gasteiger partial charge >= 0.3 is 6.09 Å². The summed E-state index contributed by atoms with van der Waals surface area (Å²) in [4.78, 5) is 29.0. The second kappa shape index (κ2) is 10.2. The third kappa shape index (κ3) is 5.91. The quantitative estimate of drug-likeness (QED) is 0.396. The molecule has 2 aromatic heterocycles. The Bertz CT molecular complexity index is 1140. The number of nitrogens with one attached hydrogen (secondary N) is 2. The first-order valence-electron chi connectivity index (χ1n) is 11.6. The maximum Gasteiger partial charge on any atom is 0.407 e. The van der Waals surface area contributed by atoms with E-state index in [1.54, 1.807) is 24.5 Å². The normalized spacial score (nSPS) is 16.3. The summed E-state index contributed by atoms with van der Waals surface area (Å²) in [5, 5.41) is 11.2. The van der Waals surface area contributed by atoms with Gasteiger partial charge in [0.2, 0.25) is 0 Å². The molecule has 1 aromatic carbocycles. The van der Waals surface area contributed by atoms with Crippen molar-refractivity contribution < 1.29 is 19.1 Å². The van der Waals surface area contributed by atoms with Crippen LogP contribution in [-0.2, 0) is 9.47 Å². The maximum atomic E-state index is 13.0. The summed E-state index contributed by atoms with van der Waals surface area (Å²) in [6.07, 6.45) is 5.98. The van der Waals surface area contributed by atoms with E-state index in [0.29, 0.717) is 30.0 Å². The lowest BCUT2D eigenvalue weighted by Crippen LogP contribution is -2.35. The van der Waals surface area contributed by atoms with E-state index in [4.69, 9.17) is 9.47 Å². The Morgan fingerprint density at radius 1 is 1.12 bits per heavy atom. The van der Waals surface area contributed by atoms with Gasteiger partial charge in [0.15, 0.2) is 12.0 Å². The number of hydrogen-bond donors (Lipinski definition) is 2. The fourth-order valence-corrected chi connectivity index (χ4v) is 3.81. The molecule has 34 heavy (non-hydrogen) atoms. The predicted molar refractivity (Wildman–Crippen MR) is 129 cm³/mol. The Balaban J connectivity index is 1.33. The summed E-state index contributed by atoms with van der Waals surface area (Å²) in [6.45, 7) is 7.06. The number of carbonyl (C=O) groups excluding carboxylic acids is 2. The van der Waals surface area contributed by atoms with E-state index in [0.717, 1.165) is 36.8 Å². The van der Waals surface area contributed by atoms with Gasteiger partial charge in [-0.05, 0) is 70.4 Å². The highest BCUT2D eigenvalue weighted by Crippen LogP contribution is 2.27. The van der Waals surface area contributed by atoms with Gasteiger partial charge in [-0.15, -0.1) is 0 Å². The molecule has 2 N–H and O–H groups in total. The zero-order chi connectivity index (χ0) is 24.1. The third-order valence-electron chi connectivity index (χ3n) is 5.41. The average Bonchev–Trinajstić information content (AvgIpc) is 3.24. The maximum absolute atomic E-state index is 13.0. The minimum absolute atomic E-state index is 0.0450. The van der Waals surface area contributed by atoms with E-state index in [-0.39, 0.29) is 12.0 Å². The first kappa shape index (κ1) is 23.7. The fourth-order valence-electron chi connectivity index (χ4n) is 3.81. The van der Waals surface area contributed by atoms with Crippen molar-refractivity contribution in [1.82, 2.24) is 20.1 Å². The molecule has 9 heteroatoms. The molecule has 0 saturated carbocycles. The Morgan fingerprint density at radius 3 is 2.65 bits per heavy atom. The molecule has 4 rings (SSSR count). The van der Waals surface area contributed by atoms with Gasteiger partial charge in [-0.1, -0.05) is 0 Å². The highest BCUT2D eigenvalue weighted by molar-refractivity contribution is 6.10. The molecule has 1 aliphatic heterocycles. The van der Waals surface area contributed by atoms with E-state index in [9.17, 15) is 9.59 Å². The molecule has 0 spiro atoms. The standard InChI is InChI=1S/C25H31N5O4/c1-25(2,3)34-24(32)27-12-11-26-21-10-8-18(15-28-21)23(31)17-7-9-20-19(14-17)16-29-30(20)22-6-4-5-13-33-22/h7-10,14-16,22H,4-6,11-13H2,1-3H3,(H,26,28)(H,27,32). The van der Waals surface area contributed by atoms with Gasteiger partial charge in [0.25, 0.3) is 0 Å². The molecule has 1 aliphatic rings. The number of ketones is 1. The lowest BCUT2D eigenvalue weighted by atomic mass is 10.0. The number of nitrogens with zero attached hydrogens (tertiary/aromatic N) is 3. The van der Waals surface area contributed by atoms with Gasteiger partial charge < -0.3 is 20.1 Å². The molecule has 1 unspecified atom stereocenters. The van der Waals surface area contributed by atoms with Crippen molar-refractivity contribution in [2.75, 3.05) is 25.0 Å². The second-order valence-electron chi connectivity index (χ2n) is 9.30. The summed E-state index contributed by atoms with van der Waals surface area (Å²) in [7, 11) is 0. The first-order valence-corrected chi connectivity index (χ1v) is 11.6. The molecule has 180 valence electrons. The van der Waals surface area contributed by atoms with Gasteiger partial charge in [-0.3, -0.25) is 4.79 Å². The van der Waals surface area contributed by atoms with E-state index in [1.165, 1.54) is 0 Å². The number of anilines is 1. The topological polar surface area (TPSA) is 107 Å².